The Balaban J connectivity index is 2.60. The van der Waals surface area contributed by atoms with Gasteiger partial charge in [-0.05, 0) is 50.3 Å². The molecular formula is C14H19NO. The van der Waals surface area contributed by atoms with Crippen LogP contribution < -0.4 is 0 Å². The summed E-state index contributed by atoms with van der Waals surface area (Å²) in [5.41, 5.74) is 3.78. The Labute approximate surface area is 96.5 Å². The van der Waals surface area contributed by atoms with Gasteiger partial charge in [0.15, 0.2) is 0 Å². The third-order valence-electron chi connectivity index (χ3n) is 3.02. The molecule has 0 bridgehead atoms. The normalized spacial score (nSPS) is 11.6. The molecule has 1 heterocycles. The number of aryl methyl sites for hydroxylation is 1. The van der Waals surface area contributed by atoms with Crippen LogP contribution in [0, 0.1) is 6.92 Å². The van der Waals surface area contributed by atoms with Crippen molar-refractivity contribution in [2.45, 2.75) is 33.2 Å². The van der Waals surface area contributed by atoms with E-state index in [1.807, 2.05) is 0 Å². The van der Waals surface area contributed by atoms with Gasteiger partial charge in [-0.25, -0.2) is 0 Å². The van der Waals surface area contributed by atoms with Crippen molar-refractivity contribution in [3.05, 3.63) is 35.5 Å². The molecule has 1 aromatic carbocycles. The van der Waals surface area contributed by atoms with Crippen LogP contribution in [0.2, 0.25) is 0 Å². The molecule has 0 amide bonds. The van der Waals surface area contributed by atoms with Crippen molar-refractivity contribution in [1.82, 2.24) is 4.57 Å². The van der Waals surface area contributed by atoms with E-state index in [0.29, 0.717) is 6.04 Å². The average Bonchev–Trinajstić information content (AvgIpc) is 2.53. The number of aromatic nitrogens is 1. The Bertz CT molecular complexity index is 497. The van der Waals surface area contributed by atoms with Crippen LogP contribution in [0.3, 0.4) is 0 Å². The van der Waals surface area contributed by atoms with Crippen LogP contribution in [-0.4, -0.2) is 16.3 Å². The first-order valence-electron chi connectivity index (χ1n) is 5.85. The minimum Gasteiger partial charge on any atom is -0.396 e. The zero-order chi connectivity index (χ0) is 11.7. The lowest BCUT2D eigenvalue weighted by Gasteiger charge is -2.12. The third kappa shape index (κ3) is 1.85. The topological polar surface area (TPSA) is 25.2 Å². The molecule has 2 nitrogen and oxygen atoms in total. The van der Waals surface area contributed by atoms with Gasteiger partial charge in [-0.3, -0.25) is 0 Å². The molecule has 0 saturated carbocycles. The monoisotopic (exact) mass is 217 g/mol. The molecule has 0 spiro atoms. The Morgan fingerprint density at radius 1 is 1.25 bits per heavy atom. The van der Waals surface area contributed by atoms with Crippen LogP contribution in [0.4, 0.5) is 0 Å². The summed E-state index contributed by atoms with van der Waals surface area (Å²) < 4.78 is 2.34. The summed E-state index contributed by atoms with van der Waals surface area (Å²) in [7, 11) is 0. The van der Waals surface area contributed by atoms with Gasteiger partial charge in [0.1, 0.15) is 0 Å². The molecule has 1 N–H and O–H groups in total. The number of hydrogen-bond acceptors (Lipinski definition) is 1. The Morgan fingerprint density at radius 2 is 2.00 bits per heavy atom. The number of aliphatic hydroxyl groups excluding tert-OH is 1. The summed E-state index contributed by atoms with van der Waals surface area (Å²) in [6.45, 7) is 6.76. The quantitative estimate of drug-likeness (QED) is 0.839. The summed E-state index contributed by atoms with van der Waals surface area (Å²) in [5, 5.41) is 10.3. The molecule has 0 atom stereocenters. The fraction of sp³-hybridized carbons (Fsp3) is 0.429. The van der Waals surface area contributed by atoms with Crippen LogP contribution in [-0.2, 0) is 6.42 Å². The van der Waals surface area contributed by atoms with E-state index in [9.17, 15) is 0 Å². The average molecular weight is 217 g/mol. The molecule has 86 valence electrons. The van der Waals surface area contributed by atoms with Gasteiger partial charge in [0, 0.05) is 23.9 Å². The van der Waals surface area contributed by atoms with Crippen molar-refractivity contribution < 1.29 is 5.11 Å². The van der Waals surface area contributed by atoms with E-state index in [4.69, 9.17) is 5.11 Å². The van der Waals surface area contributed by atoms with Gasteiger partial charge in [0.05, 0.1) is 0 Å². The number of aliphatic hydroxyl groups is 1. The maximum atomic E-state index is 8.97. The lowest BCUT2D eigenvalue weighted by atomic mass is 10.1. The molecule has 1 aromatic heterocycles. The highest BCUT2D eigenvalue weighted by Crippen LogP contribution is 2.24. The second kappa shape index (κ2) is 4.30. The van der Waals surface area contributed by atoms with E-state index in [1.54, 1.807) is 0 Å². The predicted molar refractivity (Wildman–Crippen MR) is 67.8 cm³/mol. The standard InChI is InChI=1S/C14H19NO/c1-10(2)15-11(3)8-13-5-4-12(6-7-16)9-14(13)15/h4-5,8-10,16H,6-7H2,1-3H3. The number of rotatable bonds is 3. The maximum absolute atomic E-state index is 8.97. The molecule has 0 unspecified atom stereocenters. The minimum absolute atomic E-state index is 0.215. The molecule has 0 aliphatic carbocycles. The summed E-state index contributed by atoms with van der Waals surface area (Å²) in [6, 6.07) is 9.13. The Kier molecular flexibility index (Phi) is 3.01. The van der Waals surface area contributed by atoms with Crippen LogP contribution in [0.15, 0.2) is 24.3 Å². The van der Waals surface area contributed by atoms with Crippen molar-refractivity contribution in [2.75, 3.05) is 6.61 Å². The van der Waals surface area contributed by atoms with Crippen molar-refractivity contribution in [3.8, 4) is 0 Å². The molecule has 0 radical (unpaired) electrons. The van der Waals surface area contributed by atoms with Crippen molar-refractivity contribution in [1.29, 1.82) is 0 Å². The second-order valence-corrected chi connectivity index (χ2v) is 4.62. The summed E-state index contributed by atoms with van der Waals surface area (Å²) in [5.74, 6) is 0. The highest BCUT2D eigenvalue weighted by Gasteiger charge is 2.08. The number of fused-ring (bicyclic) bond motifs is 1. The first kappa shape index (κ1) is 11.2. The van der Waals surface area contributed by atoms with Crippen molar-refractivity contribution >= 4 is 10.9 Å². The highest BCUT2D eigenvalue weighted by molar-refractivity contribution is 5.82. The molecule has 0 fully saturated rings. The SMILES string of the molecule is Cc1cc2ccc(CCO)cc2n1C(C)C. The molecule has 0 saturated heterocycles. The highest BCUT2D eigenvalue weighted by atomic mass is 16.2. The van der Waals surface area contributed by atoms with E-state index >= 15 is 0 Å². The van der Waals surface area contributed by atoms with Gasteiger partial charge >= 0.3 is 0 Å². The lowest BCUT2D eigenvalue weighted by Crippen LogP contribution is -2.02. The summed E-state index contributed by atoms with van der Waals surface area (Å²) in [6.07, 6.45) is 0.734. The first-order valence-corrected chi connectivity index (χ1v) is 5.85. The maximum Gasteiger partial charge on any atom is 0.0487 e. The van der Waals surface area contributed by atoms with Crippen LogP contribution in [0.25, 0.3) is 10.9 Å². The van der Waals surface area contributed by atoms with Gasteiger partial charge in [-0.2, -0.15) is 0 Å². The van der Waals surface area contributed by atoms with Gasteiger partial charge < -0.3 is 9.67 Å². The summed E-state index contributed by atoms with van der Waals surface area (Å²) in [4.78, 5) is 0. The number of benzene rings is 1. The number of nitrogens with zero attached hydrogens (tertiary/aromatic N) is 1. The second-order valence-electron chi connectivity index (χ2n) is 4.62. The lowest BCUT2D eigenvalue weighted by molar-refractivity contribution is 0.299. The van der Waals surface area contributed by atoms with Crippen molar-refractivity contribution in [3.63, 3.8) is 0 Å². The van der Waals surface area contributed by atoms with Crippen LogP contribution >= 0.6 is 0 Å². The fourth-order valence-corrected chi connectivity index (χ4v) is 2.37. The smallest absolute Gasteiger partial charge is 0.0487 e. The molecule has 0 aliphatic rings. The zero-order valence-corrected chi connectivity index (χ0v) is 10.2. The predicted octanol–water partition coefficient (Wildman–Crippen LogP) is 3.07. The fourth-order valence-electron chi connectivity index (χ4n) is 2.37. The van der Waals surface area contributed by atoms with Gasteiger partial charge in [-0.15, -0.1) is 0 Å². The van der Waals surface area contributed by atoms with E-state index in [1.165, 1.54) is 22.2 Å². The van der Waals surface area contributed by atoms with E-state index < -0.39 is 0 Å². The van der Waals surface area contributed by atoms with E-state index in [-0.39, 0.29) is 6.61 Å². The molecule has 2 rings (SSSR count). The molecule has 2 heteroatoms. The van der Waals surface area contributed by atoms with E-state index in [2.05, 4.69) is 49.6 Å². The molecule has 16 heavy (non-hydrogen) atoms. The molecular weight excluding hydrogens is 198 g/mol. The minimum atomic E-state index is 0.215. The molecule has 2 aromatic rings. The zero-order valence-electron chi connectivity index (χ0n) is 10.2. The first-order chi connectivity index (χ1) is 7.63. The Hall–Kier alpha value is -1.28. The third-order valence-corrected chi connectivity index (χ3v) is 3.02. The molecule has 0 aliphatic heterocycles. The van der Waals surface area contributed by atoms with E-state index in [0.717, 1.165) is 6.42 Å². The van der Waals surface area contributed by atoms with Gasteiger partial charge in [0.25, 0.3) is 0 Å². The van der Waals surface area contributed by atoms with Crippen LogP contribution in [0.5, 0.6) is 0 Å². The van der Waals surface area contributed by atoms with Gasteiger partial charge in [-0.1, -0.05) is 12.1 Å². The number of hydrogen-bond donors (Lipinski definition) is 1. The summed E-state index contributed by atoms with van der Waals surface area (Å²) >= 11 is 0. The van der Waals surface area contributed by atoms with Crippen LogP contribution in [0.1, 0.15) is 31.1 Å². The van der Waals surface area contributed by atoms with Crippen molar-refractivity contribution in [2.24, 2.45) is 0 Å². The largest absolute Gasteiger partial charge is 0.396 e. The Morgan fingerprint density at radius 3 is 2.62 bits per heavy atom. The van der Waals surface area contributed by atoms with Gasteiger partial charge in [0.2, 0.25) is 0 Å².